The third-order valence-electron chi connectivity index (χ3n) is 3.06. The quantitative estimate of drug-likeness (QED) is 0.202. The maximum absolute atomic E-state index is 12.1. The van der Waals surface area contributed by atoms with E-state index >= 15 is 0 Å². The molecule has 0 N–H and O–H groups in total. The van der Waals surface area contributed by atoms with Crippen LogP contribution in [0.5, 0.6) is 5.75 Å². The average molecular weight is 323 g/mol. The van der Waals surface area contributed by atoms with E-state index in [9.17, 15) is 19.7 Å². The third kappa shape index (κ3) is 4.48. The van der Waals surface area contributed by atoms with Gasteiger partial charge >= 0.3 is 5.97 Å². The molecule has 0 aliphatic rings. The van der Waals surface area contributed by atoms with Crippen molar-refractivity contribution in [1.82, 2.24) is 0 Å². The number of ether oxygens (including phenoxy) is 1. The Labute approximate surface area is 137 Å². The maximum atomic E-state index is 12.1. The number of nitro benzene ring substituents is 1. The fourth-order valence-corrected chi connectivity index (χ4v) is 1.82. The summed E-state index contributed by atoms with van der Waals surface area (Å²) in [4.78, 5) is 33.2. The Morgan fingerprint density at radius 1 is 1.04 bits per heavy atom. The van der Waals surface area contributed by atoms with E-state index in [2.05, 4.69) is 6.58 Å². The summed E-state index contributed by atoms with van der Waals surface area (Å²) in [5.74, 6) is -0.502. The molecule has 0 spiro atoms. The highest BCUT2D eigenvalue weighted by atomic mass is 16.6. The largest absolute Gasteiger partial charge is 0.423 e. The number of hydrogen-bond acceptors (Lipinski definition) is 5. The Balaban J connectivity index is 2.04. The standard InChI is InChI=1S/C18H13NO5/c1-2-18(21)24-16-10-6-14(7-11-16)17(20)12-5-13-3-8-15(9-4-13)19(22)23/h2-12H,1H2/b12-5+. The van der Waals surface area contributed by atoms with Crippen molar-refractivity contribution < 1.29 is 19.2 Å². The van der Waals surface area contributed by atoms with Gasteiger partial charge in [0, 0.05) is 23.8 Å². The van der Waals surface area contributed by atoms with Crippen LogP contribution in [0.3, 0.4) is 0 Å². The minimum atomic E-state index is -0.577. The molecule has 6 heteroatoms. The minimum absolute atomic E-state index is 0.0110. The van der Waals surface area contributed by atoms with Crippen molar-refractivity contribution >= 4 is 23.5 Å². The summed E-state index contributed by atoms with van der Waals surface area (Å²) < 4.78 is 4.92. The molecule has 120 valence electrons. The molecule has 0 aliphatic carbocycles. The highest BCUT2D eigenvalue weighted by Crippen LogP contribution is 2.15. The van der Waals surface area contributed by atoms with Gasteiger partial charge in [-0.1, -0.05) is 12.7 Å². The molecule has 0 heterocycles. The lowest BCUT2D eigenvalue weighted by Crippen LogP contribution is -2.03. The third-order valence-corrected chi connectivity index (χ3v) is 3.06. The van der Waals surface area contributed by atoms with E-state index < -0.39 is 10.9 Å². The minimum Gasteiger partial charge on any atom is -0.423 e. The molecule has 0 aliphatic heterocycles. The van der Waals surface area contributed by atoms with Crippen LogP contribution in [0.4, 0.5) is 5.69 Å². The van der Waals surface area contributed by atoms with E-state index in [0.29, 0.717) is 16.9 Å². The molecule has 6 nitrogen and oxygen atoms in total. The van der Waals surface area contributed by atoms with E-state index in [4.69, 9.17) is 4.74 Å². The summed E-state index contributed by atoms with van der Waals surface area (Å²) in [6.45, 7) is 3.30. The molecular weight excluding hydrogens is 310 g/mol. The molecule has 0 saturated carbocycles. The topological polar surface area (TPSA) is 86.5 Å². The van der Waals surface area contributed by atoms with Crippen LogP contribution in [0, 0.1) is 10.1 Å². The van der Waals surface area contributed by atoms with Gasteiger partial charge in [0.1, 0.15) is 5.75 Å². The van der Waals surface area contributed by atoms with Gasteiger partial charge in [-0.25, -0.2) is 4.79 Å². The fourth-order valence-electron chi connectivity index (χ4n) is 1.82. The number of allylic oxidation sites excluding steroid dienone is 1. The number of non-ortho nitro benzene ring substituents is 1. The van der Waals surface area contributed by atoms with E-state index in [1.165, 1.54) is 42.5 Å². The lowest BCUT2D eigenvalue weighted by atomic mass is 10.1. The highest BCUT2D eigenvalue weighted by Gasteiger charge is 2.05. The number of benzene rings is 2. The van der Waals surface area contributed by atoms with E-state index in [0.717, 1.165) is 6.08 Å². The summed E-state index contributed by atoms with van der Waals surface area (Å²) >= 11 is 0. The van der Waals surface area contributed by atoms with Crippen molar-refractivity contribution in [2.75, 3.05) is 0 Å². The van der Waals surface area contributed by atoms with Gasteiger partial charge in [0.15, 0.2) is 5.78 Å². The molecule has 2 aromatic carbocycles. The molecule has 24 heavy (non-hydrogen) atoms. The zero-order chi connectivity index (χ0) is 17.5. The molecule has 0 atom stereocenters. The van der Waals surface area contributed by atoms with Crippen molar-refractivity contribution in [3.05, 3.63) is 88.5 Å². The van der Waals surface area contributed by atoms with Gasteiger partial charge in [-0.3, -0.25) is 14.9 Å². The van der Waals surface area contributed by atoms with Gasteiger partial charge in [-0.15, -0.1) is 0 Å². The van der Waals surface area contributed by atoms with Crippen molar-refractivity contribution in [3.63, 3.8) is 0 Å². The van der Waals surface area contributed by atoms with Gasteiger partial charge in [0.05, 0.1) is 4.92 Å². The number of carbonyl (C=O) groups excluding carboxylic acids is 2. The molecule has 0 amide bonds. The number of nitro groups is 1. The van der Waals surface area contributed by atoms with Crippen molar-refractivity contribution in [3.8, 4) is 5.75 Å². The normalized spacial score (nSPS) is 10.3. The molecule has 0 radical (unpaired) electrons. The lowest BCUT2D eigenvalue weighted by Gasteiger charge is -2.01. The Morgan fingerprint density at radius 3 is 2.21 bits per heavy atom. The summed E-state index contributed by atoms with van der Waals surface area (Å²) in [5, 5.41) is 10.6. The summed E-state index contributed by atoms with van der Waals surface area (Å²) in [5.41, 5.74) is 1.08. The number of esters is 1. The van der Waals surface area contributed by atoms with Gasteiger partial charge in [-0.2, -0.15) is 0 Å². The van der Waals surface area contributed by atoms with Crippen LogP contribution in [-0.2, 0) is 4.79 Å². The van der Waals surface area contributed by atoms with Crippen LogP contribution >= 0.6 is 0 Å². The zero-order valence-corrected chi connectivity index (χ0v) is 12.5. The second-order valence-corrected chi connectivity index (χ2v) is 4.70. The predicted octanol–water partition coefficient (Wildman–Crippen LogP) is 3.58. The Bertz CT molecular complexity index is 804. The Kier molecular flexibility index (Phi) is 5.36. The molecule has 0 bridgehead atoms. The van der Waals surface area contributed by atoms with E-state index in [-0.39, 0.29) is 11.5 Å². The highest BCUT2D eigenvalue weighted by molar-refractivity contribution is 6.06. The monoisotopic (exact) mass is 323 g/mol. The molecule has 0 saturated heterocycles. The molecular formula is C18H13NO5. The first-order valence-corrected chi connectivity index (χ1v) is 6.91. The fraction of sp³-hybridized carbons (Fsp3) is 0. The summed E-state index contributed by atoms with van der Waals surface area (Å²) in [6, 6.07) is 11.9. The van der Waals surface area contributed by atoms with Crippen molar-refractivity contribution in [2.45, 2.75) is 0 Å². The number of hydrogen-bond donors (Lipinski definition) is 0. The van der Waals surface area contributed by atoms with Gasteiger partial charge in [0.2, 0.25) is 0 Å². The smallest absolute Gasteiger partial charge is 0.335 e. The zero-order valence-electron chi connectivity index (χ0n) is 12.5. The summed E-state index contributed by atoms with van der Waals surface area (Å²) in [6.07, 6.45) is 3.98. The van der Waals surface area contributed by atoms with Crippen LogP contribution < -0.4 is 4.74 Å². The van der Waals surface area contributed by atoms with Gasteiger partial charge < -0.3 is 4.74 Å². The first kappa shape index (κ1) is 16.8. The van der Waals surface area contributed by atoms with Gasteiger partial charge in [0.25, 0.3) is 5.69 Å². The van der Waals surface area contributed by atoms with Gasteiger partial charge in [-0.05, 0) is 48.0 Å². The number of nitrogens with zero attached hydrogens (tertiary/aromatic N) is 1. The average Bonchev–Trinajstić information content (AvgIpc) is 2.60. The van der Waals surface area contributed by atoms with Crippen LogP contribution in [0.2, 0.25) is 0 Å². The lowest BCUT2D eigenvalue weighted by molar-refractivity contribution is -0.384. The van der Waals surface area contributed by atoms with Crippen molar-refractivity contribution in [1.29, 1.82) is 0 Å². The molecule has 2 aromatic rings. The number of rotatable bonds is 6. The van der Waals surface area contributed by atoms with Crippen LogP contribution in [0.15, 0.2) is 67.3 Å². The van der Waals surface area contributed by atoms with E-state index in [1.807, 2.05) is 0 Å². The second-order valence-electron chi connectivity index (χ2n) is 4.70. The van der Waals surface area contributed by atoms with Crippen LogP contribution in [0.1, 0.15) is 15.9 Å². The second kappa shape index (κ2) is 7.64. The Hall–Kier alpha value is -3.54. The predicted molar refractivity (Wildman–Crippen MR) is 88.7 cm³/mol. The Morgan fingerprint density at radius 2 is 1.67 bits per heavy atom. The first-order valence-electron chi connectivity index (χ1n) is 6.91. The summed E-state index contributed by atoms with van der Waals surface area (Å²) in [7, 11) is 0. The number of carbonyl (C=O) groups is 2. The molecule has 0 fully saturated rings. The SMILES string of the molecule is C=CC(=O)Oc1ccc(C(=O)/C=C/c2ccc([N+](=O)[O-])cc2)cc1. The number of ketones is 1. The molecule has 2 rings (SSSR count). The van der Waals surface area contributed by atoms with Crippen LogP contribution in [-0.4, -0.2) is 16.7 Å². The van der Waals surface area contributed by atoms with Crippen molar-refractivity contribution in [2.24, 2.45) is 0 Å². The first-order chi connectivity index (χ1) is 11.5. The molecule has 0 unspecified atom stereocenters. The maximum Gasteiger partial charge on any atom is 0.335 e. The molecule has 0 aromatic heterocycles. The van der Waals surface area contributed by atoms with Crippen LogP contribution in [0.25, 0.3) is 6.08 Å². The van der Waals surface area contributed by atoms with E-state index in [1.54, 1.807) is 18.2 Å².